The molecule has 4 aromatic rings. The topological polar surface area (TPSA) is 43.1 Å². The Bertz CT molecular complexity index is 1260. The lowest BCUT2D eigenvalue weighted by Gasteiger charge is -2.35. The molecule has 0 bridgehead atoms. The minimum atomic E-state index is 0.258. The van der Waals surface area contributed by atoms with E-state index in [0.717, 1.165) is 31.1 Å². The molecular weight excluding hydrogens is 410 g/mol. The second-order valence-electron chi connectivity index (χ2n) is 9.33. The molecule has 5 nitrogen and oxygen atoms in total. The molecule has 1 aromatic heterocycles. The number of aromatic nitrogens is 1. The molecule has 6 rings (SSSR count). The van der Waals surface area contributed by atoms with Crippen LogP contribution in [0.15, 0.2) is 72.8 Å². The van der Waals surface area contributed by atoms with Crippen molar-refractivity contribution in [2.75, 3.05) is 33.0 Å². The summed E-state index contributed by atoms with van der Waals surface area (Å²) in [5.41, 5.74) is 6.60. The van der Waals surface area contributed by atoms with Gasteiger partial charge in [0.25, 0.3) is 0 Å². The molecule has 33 heavy (non-hydrogen) atoms. The van der Waals surface area contributed by atoms with Crippen molar-refractivity contribution in [1.82, 2.24) is 4.98 Å². The summed E-state index contributed by atoms with van der Waals surface area (Å²) in [5, 5.41) is 1.32. The number of H-pyrrole nitrogens is 1. The van der Waals surface area contributed by atoms with Crippen molar-refractivity contribution in [2.24, 2.45) is 0 Å². The quantitative estimate of drug-likeness (QED) is 0.445. The zero-order valence-electron chi connectivity index (χ0n) is 19.1. The molecule has 0 saturated carbocycles. The predicted octanol–water partition coefficient (Wildman–Crippen LogP) is 2.28. The lowest BCUT2D eigenvalue weighted by atomic mass is 9.93. The van der Waals surface area contributed by atoms with Crippen LogP contribution in [0.25, 0.3) is 10.9 Å². The maximum Gasteiger partial charge on any atom is 0.231 e. The summed E-state index contributed by atoms with van der Waals surface area (Å²) in [7, 11) is 0. The van der Waals surface area contributed by atoms with Gasteiger partial charge in [0.2, 0.25) is 6.79 Å². The van der Waals surface area contributed by atoms with Gasteiger partial charge in [-0.3, -0.25) is 0 Å². The first-order chi connectivity index (χ1) is 16.3. The molecule has 1 unspecified atom stereocenters. The number of quaternary nitrogens is 2. The molecule has 2 aliphatic heterocycles. The van der Waals surface area contributed by atoms with E-state index in [0.29, 0.717) is 6.79 Å². The van der Waals surface area contributed by atoms with E-state index in [-0.39, 0.29) is 6.04 Å². The zero-order chi connectivity index (χ0) is 22.2. The molecule has 1 atom stereocenters. The Morgan fingerprint density at radius 2 is 1.61 bits per heavy atom. The van der Waals surface area contributed by atoms with Crippen molar-refractivity contribution >= 4 is 10.9 Å². The number of piperazine rings is 1. The van der Waals surface area contributed by atoms with Gasteiger partial charge in [-0.2, -0.15) is 0 Å². The first-order valence-electron chi connectivity index (χ1n) is 11.9. The van der Waals surface area contributed by atoms with E-state index >= 15 is 0 Å². The summed E-state index contributed by atoms with van der Waals surface area (Å²) in [6, 6.07) is 26.3. The van der Waals surface area contributed by atoms with Crippen LogP contribution in [0.3, 0.4) is 0 Å². The Hall–Kier alpha value is -3.28. The number of ether oxygens (including phenoxy) is 2. The van der Waals surface area contributed by atoms with Crippen LogP contribution in [0.1, 0.15) is 28.4 Å². The first kappa shape index (κ1) is 20.3. The smallest absolute Gasteiger partial charge is 0.231 e. The molecule has 1 saturated heterocycles. The molecule has 168 valence electrons. The predicted molar refractivity (Wildman–Crippen MR) is 129 cm³/mol. The third-order valence-corrected chi connectivity index (χ3v) is 7.27. The Labute approximate surface area is 194 Å². The van der Waals surface area contributed by atoms with Crippen LogP contribution in [0, 0.1) is 6.92 Å². The average molecular weight is 442 g/mol. The Morgan fingerprint density at radius 3 is 2.45 bits per heavy atom. The third-order valence-electron chi connectivity index (χ3n) is 7.27. The first-order valence-corrected chi connectivity index (χ1v) is 11.9. The van der Waals surface area contributed by atoms with Crippen molar-refractivity contribution in [3.05, 3.63) is 95.2 Å². The van der Waals surface area contributed by atoms with E-state index < -0.39 is 0 Å². The second-order valence-corrected chi connectivity index (χ2v) is 9.33. The molecular formula is C28H31N3O2+2. The molecule has 1 fully saturated rings. The van der Waals surface area contributed by atoms with Crippen LogP contribution in [-0.4, -0.2) is 38.0 Å². The summed E-state index contributed by atoms with van der Waals surface area (Å²) in [6.07, 6.45) is 0. The van der Waals surface area contributed by atoms with Crippen LogP contribution in [0.5, 0.6) is 11.5 Å². The fraction of sp³-hybridized carbons (Fsp3) is 0.286. The van der Waals surface area contributed by atoms with Crippen LogP contribution in [-0.2, 0) is 6.54 Å². The number of hydrogen-bond donors (Lipinski definition) is 3. The molecule has 3 heterocycles. The summed E-state index contributed by atoms with van der Waals surface area (Å²) in [6.45, 7) is 8.25. The highest BCUT2D eigenvalue weighted by molar-refractivity contribution is 5.85. The normalized spacial score (nSPS) is 20.8. The number of hydrogen-bond acceptors (Lipinski definition) is 2. The molecule has 3 N–H and O–H groups in total. The summed E-state index contributed by atoms with van der Waals surface area (Å²) in [5.74, 6) is 1.71. The Kier molecular flexibility index (Phi) is 5.29. The number of nitrogens with one attached hydrogen (secondary N) is 3. The largest absolute Gasteiger partial charge is 0.454 e. The highest BCUT2D eigenvalue weighted by atomic mass is 16.7. The van der Waals surface area contributed by atoms with Gasteiger partial charge in [-0.15, -0.1) is 0 Å². The Balaban J connectivity index is 1.33. The average Bonchev–Trinajstić information content (AvgIpc) is 3.45. The molecule has 2 aliphatic rings. The van der Waals surface area contributed by atoms with Crippen molar-refractivity contribution < 1.29 is 19.3 Å². The number of benzene rings is 3. The molecule has 0 amide bonds. The maximum absolute atomic E-state index is 5.75. The van der Waals surface area contributed by atoms with E-state index in [2.05, 4.69) is 84.7 Å². The lowest BCUT2D eigenvalue weighted by Crippen LogP contribution is -3.27. The number of para-hydroxylation sites is 1. The lowest BCUT2D eigenvalue weighted by molar-refractivity contribution is -1.03. The molecule has 0 aliphatic carbocycles. The van der Waals surface area contributed by atoms with Gasteiger partial charge in [0.1, 0.15) is 38.8 Å². The SMILES string of the molecule is Cc1[nH]c2ccccc2c1C(c1ccc2c(c1)OCO2)[NH+]1CC[NH+](Cc2ccccc2)CC1. The minimum Gasteiger partial charge on any atom is -0.454 e. The van der Waals surface area contributed by atoms with Crippen LogP contribution in [0.4, 0.5) is 0 Å². The fourth-order valence-corrected chi connectivity index (χ4v) is 5.64. The van der Waals surface area contributed by atoms with E-state index in [1.807, 2.05) is 0 Å². The molecule has 3 aromatic carbocycles. The van der Waals surface area contributed by atoms with Gasteiger partial charge in [-0.25, -0.2) is 0 Å². The van der Waals surface area contributed by atoms with Gasteiger partial charge in [-0.05, 0) is 31.2 Å². The highest BCUT2D eigenvalue weighted by Crippen LogP contribution is 2.37. The van der Waals surface area contributed by atoms with Gasteiger partial charge in [0, 0.05) is 33.3 Å². The van der Waals surface area contributed by atoms with Gasteiger partial charge < -0.3 is 24.3 Å². The molecule has 0 spiro atoms. The van der Waals surface area contributed by atoms with Gasteiger partial charge in [-0.1, -0.05) is 48.5 Å². The second kappa shape index (κ2) is 8.58. The van der Waals surface area contributed by atoms with Crippen molar-refractivity contribution in [1.29, 1.82) is 0 Å². The standard InChI is InChI=1S/C28H29N3O2/c1-20-27(23-9-5-6-10-24(23)29-20)28(22-11-12-25-26(17-22)33-19-32-25)31-15-13-30(14-16-31)18-21-7-3-2-4-8-21/h2-12,17,28-29H,13-16,18-19H2,1H3/p+2. The zero-order valence-corrected chi connectivity index (χ0v) is 19.1. The van der Waals surface area contributed by atoms with Gasteiger partial charge >= 0.3 is 0 Å². The van der Waals surface area contributed by atoms with Crippen molar-refractivity contribution in [3.8, 4) is 11.5 Å². The number of aryl methyl sites for hydroxylation is 1. The van der Waals surface area contributed by atoms with Crippen LogP contribution < -0.4 is 19.3 Å². The number of rotatable bonds is 5. The van der Waals surface area contributed by atoms with E-state index in [1.165, 1.54) is 46.4 Å². The van der Waals surface area contributed by atoms with Gasteiger partial charge in [0.15, 0.2) is 11.5 Å². The summed E-state index contributed by atoms with van der Waals surface area (Å²) < 4.78 is 11.3. The van der Waals surface area contributed by atoms with Crippen molar-refractivity contribution in [3.63, 3.8) is 0 Å². The Morgan fingerprint density at radius 1 is 0.848 bits per heavy atom. The summed E-state index contributed by atoms with van der Waals surface area (Å²) in [4.78, 5) is 6.93. The number of aromatic amines is 1. The van der Waals surface area contributed by atoms with E-state index in [9.17, 15) is 0 Å². The van der Waals surface area contributed by atoms with Crippen LogP contribution in [0.2, 0.25) is 0 Å². The molecule has 5 heteroatoms. The monoisotopic (exact) mass is 441 g/mol. The van der Waals surface area contributed by atoms with Gasteiger partial charge in [0.05, 0.1) is 0 Å². The number of fused-ring (bicyclic) bond motifs is 2. The summed E-state index contributed by atoms with van der Waals surface area (Å²) >= 11 is 0. The van der Waals surface area contributed by atoms with E-state index in [1.54, 1.807) is 9.80 Å². The minimum absolute atomic E-state index is 0.258. The third kappa shape index (κ3) is 3.88. The highest BCUT2D eigenvalue weighted by Gasteiger charge is 2.35. The fourth-order valence-electron chi connectivity index (χ4n) is 5.64. The van der Waals surface area contributed by atoms with Crippen LogP contribution >= 0.6 is 0 Å². The maximum atomic E-state index is 5.75. The van der Waals surface area contributed by atoms with Crippen molar-refractivity contribution in [2.45, 2.75) is 19.5 Å². The van der Waals surface area contributed by atoms with E-state index in [4.69, 9.17) is 9.47 Å². The molecule has 0 radical (unpaired) electrons.